The van der Waals surface area contributed by atoms with E-state index in [2.05, 4.69) is 98.0 Å². The van der Waals surface area contributed by atoms with E-state index in [1.807, 2.05) is 0 Å². The van der Waals surface area contributed by atoms with E-state index in [0.29, 0.717) is 5.92 Å². The van der Waals surface area contributed by atoms with Crippen molar-refractivity contribution in [2.24, 2.45) is 5.92 Å². The summed E-state index contributed by atoms with van der Waals surface area (Å²) in [6.07, 6.45) is 3.40. The fourth-order valence-corrected chi connectivity index (χ4v) is 4.35. The largest absolute Gasteiger partial charge is 0.347 e. The fraction of sp³-hybridized carbons (Fsp3) is 0.417. The van der Waals surface area contributed by atoms with Gasteiger partial charge in [-0.1, -0.05) is 44.2 Å². The van der Waals surface area contributed by atoms with Crippen molar-refractivity contribution >= 4 is 23.0 Å². The molecule has 0 saturated carbocycles. The lowest BCUT2D eigenvalue weighted by molar-refractivity contribution is 0.534. The molecule has 0 amide bonds. The number of rotatable bonds is 8. The topological polar surface area (TPSA) is 20.2 Å². The number of benzene rings is 2. The SMILES string of the molecule is Cc1cccc(C)c1-c1ccc2c(CCNSN(C)C)cn(CC(C)C)c2c1. The highest BCUT2D eigenvalue weighted by molar-refractivity contribution is 7.95. The Hall–Kier alpha value is -1.75. The maximum atomic E-state index is 3.43. The van der Waals surface area contributed by atoms with Gasteiger partial charge in [0.25, 0.3) is 0 Å². The first-order valence-corrected chi connectivity index (χ1v) is 10.9. The van der Waals surface area contributed by atoms with E-state index in [1.165, 1.54) is 38.7 Å². The highest BCUT2D eigenvalue weighted by Gasteiger charge is 2.13. The average molecular weight is 396 g/mol. The quantitative estimate of drug-likeness (QED) is 0.382. The van der Waals surface area contributed by atoms with Crippen LogP contribution in [0.3, 0.4) is 0 Å². The summed E-state index contributed by atoms with van der Waals surface area (Å²) in [6, 6.07) is 13.6. The first-order valence-electron chi connectivity index (χ1n) is 10.1. The molecule has 0 saturated heterocycles. The predicted octanol–water partition coefficient (Wildman–Crippen LogP) is 5.84. The van der Waals surface area contributed by atoms with E-state index in [4.69, 9.17) is 0 Å². The Kier molecular flexibility index (Phi) is 6.86. The van der Waals surface area contributed by atoms with Crippen LogP contribution in [-0.2, 0) is 13.0 Å². The smallest absolute Gasteiger partial charge is 0.0489 e. The number of aryl methyl sites for hydroxylation is 2. The molecule has 1 N–H and O–H groups in total. The molecular weight excluding hydrogens is 362 g/mol. The molecule has 0 spiro atoms. The molecule has 3 nitrogen and oxygen atoms in total. The molecule has 0 aliphatic rings. The van der Waals surface area contributed by atoms with Crippen LogP contribution in [0.25, 0.3) is 22.0 Å². The van der Waals surface area contributed by atoms with Crippen molar-refractivity contribution < 1.29 is 0 Å². The summed E-state index contributed by atoms with van der Waals surface area (Å²) in [4.78, 5) is 0. The number of hydrogen-bond acceptors (Lipinski definition) is 3. The van der Waals surface area contributed by atoms with Crippen molar-refractivity contribution in [1.82, 2.24) is 13.6 Å². The second kappa shape index (κ2) is 9.17. The maximum absolute atomic E-state index is 3.43. The Labute approximate surface area is 174 Å². The van der Waals surface area contributed by atoms with Gasteiger partial charge in [0.1, 0.15) is 0 Å². The number of fused-ring (bicyclic) bond motifs is 1. The Morgan fingerprint density at radius 1 is 1.07 bits per heavy atom. The molecule has 2 aromatic carbocycles. The average Bonchev–Trinajstić information content (AvgIpc) is 2.95. The first kappa shape index (κ1) is 21.0. The van der Waals surface area contributed by atoms with Crippen LogP contribution >= 0.6 is 12.1 Å². The third-order valence-electron chi connectivity index (χ3n) is 5.04. The summed E-state index contributed by atoms with van der Waals surface area (Å²) >= 11 is 1.65. The Morgan fingerprint density at radius 2 is 1.79 bits per heavy atom. The summed E-state index contributed by atoms with van der Waals surface area (Å²) in [5, 5.41) is 1.38. The summed E-state index contributed by atoms with van der Waals surface area (Å²) in [6.45, 7) is 11.0. The molecule has 0 fully saturated rings. The van der Waals surface area contributed by atoms with Crippen LogP contribution < -0.4 is 4.72 Å². The van der Waals surface area contributed by atoms with Crippen molar-refractivity contribution in [1.29, 1.82) is 0 Å². The van der Waals surface area contributed by atoms with Crippen molar-refractivity contribution in [3.63, 3.8) is 0 Å². The van der Waals surface area contributed by atoms with E-state index in [-0.39, 0.29) is 0 Å². The van der Waals surface area contributed by atoms with Gasteiger partial charge in [-0.2, -0.15) is 0 Å². The standard InChI is InChI=1S/C24H33N3S/c1-17(2)15-27-16-21(12-13-25-28-26(5)6)22-11-10-20(14-23(22)27)24-18(3)8-7-9-19(24)4/h7-11,14,16-17,25H,12-13,15H2,1-6H3. The van der Waals surface area contributed by atoms with Crippen molar-refractivity contribution in [3.05, 3.63) is 59.3 Å². The molecule has 28 heavy (non-hydrogen) atoms. The Balaban J connectivity index is 1.99. The molecule has 3 rings (SSSR count). The van der Waals surface area contributed by atoms with E-state index >= 15 is 0 Å². The van der Waals surface area contributed by atoms with Gasteiger partial charge in [-0.25, -0.2) is 4.31 Å². The molecule has 0 radical (unpaired) electrons. The van der Waals surface area contributed by atoms with Gasteiger partial charge in [-0.05, 0) is 74.2 Å². The highest BCUT2D eigenvalue weighted by atomic mass is 32.2. The fourth-order valence-electron chi connectivity index (χ4n) is 3.90. The molecule has 0 unspecified atom stereocenters. The van der Waals surface area contributed by atoms with E-state index in [1.54, 1.807) is 12.1 Å². The molecule has 0 aliphatic heterocycles. The first-order chi connectivity index (χ1) is 13.4. The van der Waals surface area contributed by atoms with Crippen LogP contribution in [0.5, 0.6) is 0 Å². The van der Waals surface area contributed by atoms with Crippen LogP contribution in [0.4, 0.5) is 0 Å². The van der Waals surface area contributed by atoms with Gasteiger partial charge in [-0.3, -0.25) is 4.72 Å². The van der Waals surface area contributed by atoms with Gasteiger partial charge in [-0.15, -0.1) is 0 Å². The van der Waals surface area contributed by atoms with Gasteiger partial charge < -0.3 is 4.57 Å². The van der Waals surface area contributed by atoms with Gasteiger partial charge in [0.2, 0.25) is 0 Å². The minimum Gasteiger partial charge on any atom is -0.347 e. The molecule has 1 aromatic heterocycles. The molecule has 1 heterocycles. The second-order valence-corrected chi connectivity index (χ2v) is 9.45. The van der Waals surface area contributed by atoms with E-state index in [0.717, 1.165) is 19.5 Å². The zero-order valence-corrected chi connectivity index (χ0v) is 18.9. The summed E-state index contributed by atoms with van der Waals surface area (Å²) in [7, 11) is 4.11. The van der Waals surface area contributed by atoms with Crippen LogP contribution in [0, 0.1) is 19.8 Å². The van der Waals surface area contributed by atoms with E-state index < -0.39 is 0 Å². The lowest BCUT2D eigenvalue weighted by atomic mass is 9.95. The van der Waals surface area contributed by atoms with Crippen LogP contribution in [0.1, 0.15) is 30.5 Å². The Morgan fingerprint density at radius 3 is 2.43 bits per heavy atom. The molecule has 4 heteroatoms. The van der Waals surface area contributed by atoms with Crippen molar-refractivity contribution in [2.45, 2.75) is 40.7 Å². The number of aromatic nitrogens is 1. The lowest BCUT2D eigenvalue weighted by Gasteiger charge is -2.12. The van der Waals surface area contributed by atoms with E-state index in [9.17, 15) is 0 Å². The molecule has 0 aliphatic carbocycles. The second-order valence-electron chi connectivity index (χ2n) is 8.25. The van der Waals surface area contributed by atoms with Crippen LogP contribution in [0.2, 0.25) is 0 Å². The minimum atomic E-state index is 0.620. The lowest BCUT2D eigenvalue weighted by Crippen LogP contribution is -2.15. The van der Waals surface area contributed by atoms with Gasteiger partial charge >= 0.3 is 0 Å². The summed E-state index contributed by atoms with van der Waals surface area (Å²) in [5.74, 6) is 0.620. The summed E-state index contributed by atoms with van der Waals surface area (Å²) < 4.78 is 7.97. The normalized spacial score (nSPS) is 11.9. The predicted molar refractivity (Wildman–Crippen MR) is 125 cm³/mol. The van der Waals surface area contributed by atoms with Gasteiger partial charge in [0.05, 0.1) is 0 Å². The number of nitrogens with zero attached hydrogens (tertiary/aromatic N) is 2. The maximum Gasteiger partial charge on any atom is 0.0489 e. The molecule has 0 bridgehead atoms. The van der Waals surface area contributed by atoms with Crippen molar-refractivity contribution in [2.75, 3.05) is 20.6 Å². The molecule has 0 atom stereocenters. The zero-order chi connectivity index (χ0) is 20.3. The van der Waals surface area contributed by atoms with Crippen LogP contribution in [0.15, 0.2) is 42.6 Å². The zero-order valence-electron chi connectivity index (χ0n) is 18.0. The molecule has 150 valence electrons. The van der Waals surface area contributed by atoms with Crippen LogP contribution in [-0.4, -0.2) is 29.5 Å². The van der Waals surface area contributed by atoms with Crippen molar-refractivity contribution in [3.8, 4) is 11.1 Å². The Bertz CT molecular complexity index is 920. The van der Waals surface area contributed by atoms with Gasteiger partial charge in [0, 0.05) is 42.3 Å². The third-order valence-corrected chi connectivity index (χ3v) is 5.74. The number of nitrogens with one attached hydrogen (secondary N) is 1. The molecular formula is C24H33N3S. The monoisotopic (exact) mass is 395 g/mol. The molecule has 3 aromatic rings. The highest BCUT2D eigenvalue weighted by Crippen LogP contribution is 2.32. The number of hydrogen-bond donors (Lipinski definition) is 1. The van der Waals surface area contributed by atoms with Gasteiger partial charge in [0.15, 0.2) is 0 Å². The minimum absolute atomic E-state index is 0.620. The summed E-state index contributed by atoms with van der Waals surface area (Å²) in [5.41, 5.74) is 8.14. The third kappa shape index (κ3) is 4.80.